The Morgan fingerprint density at radius 1 is 1.31 bits per heavy atom. The second kappa shape index (κ2) is 4.81. The van der Waals surface area contributed by atoms with Crippen molar-refractivity contribution in [3.05, 3.63) is 52.2 Å². The summed E-state index contributed by atoms with van der Waals surface area (Å²) < 4.78 is 0. The van der Waals surface area contributed by atoms with E-state index >= 15 is 0 Å². The van der Waals surface area contributed by atoms with Gasteiger partial charge in [0.05, 0.1) is 6.54 Å². The smallest absolute Gasteiger partial charge is 0.251 e. The van der Waals surface area contributed by atoms with Gasteiger partial charge in [0.2, 0.25) is 0 Å². The molecule has 16 heavy (non-hydrogen) atoms. The van der Waals surface area contributed by atoms with Crippen molar-refractivity contribution in [1.29, 1.82) is 0 Å². The van der Waals surface area contributed by atoms with Gasteiger partial charge in [-0.3, -0.25) is 4.79 Å². The van der Waals surface area contributed by atoms with Crippen molar-refractivity contribution in [2.24, 2.45) is 0 Å². The standard InChI is InChI=1S/C12H11NO2S/c14-10-4-1-3-9(7-10)12(15)13-8-11-5-2-6-16-11/h1-7,14H,8H2,(H,13,15). The topological polar surface area (TPSA) is 49.3 Å². The summed E-state index contributed by atoms with van der Waals surface area (Å²) in [4.78, 5) is 12.8. The van der Waals surface area contributed by atoms with Gasteiger partial charge in [-0.2, -0.15) is 0 Å². The number of benzene rings is 1. The molecule has 0 saturated carbocycles. The van der Waals surface area contributed by atoms with Crippen LogP contribution in [0, 0.1) is 0 Å². The molecule has 0 aliphatic heterocycles. The van der Waals surface area contributed by atoms with Crippen molar-refractivity contribution in [3.63, 3.8) is 0 Å². The fraction of sp³-hybridized carbons (Fsp3) is 0.0833. The third kappa shape index (κ3) is 2.61. The monoisotopic (exact) mass is 233 g/mol. The highest BCUT2D eigenvalue weighted by molar-refractivity contribution is 7.09. The Kier molecular flexibility index (Phi) is 3.22. The lowest BCUT2D eigenvalue weighted by atomic mass is 10.2. The number of phenolic OH excluding ortho intramolecular Hbond substituents is 1. The third-order valence-electron chi connectivity index (χ3n) is 2.11. The largest absolute Gasteiger partial charge is 0.508 e. The van der Waals surface area contributed by atoms with Gasteiger partial charge >= 0.3 is 0 Å². The summed E-state index contributed by atoms with van der Waals surface area (Å²) in [5.41, 5.74) is 0.469. The molecule has 0 saturated heterocycles. The average molecular weight is 233 g/mol. The van der Waals surface area contributed by atoms with E-state index in [0.717, 1.165) is 4.88 Å². The highest BCUT2D eigenvalue weighted by atomic mass is 32.1. The van der Waals surface area contributed by atoms with Crippen molar-refractivity contribution >= 4 is 17.2 Å². The van der Waals surface area contributed by atoms with Crippen LogP contribution in [0.2, 0.25) is 0 Å². The minimum absolute atomic E-state index is 0.101. The van der Waals surface area contributed by atoms with Crippen LogP contribution in [-0.4, -0.2) is 11.0 Å². The Balaban J connectivity index is 1.98. The summed E-state index contributed by atoms with van der Waals surface area (Å²) in [6.45, 7) is 0.520. The molecule has 0 fully saturated rings. The summed E-state index contributed by atoms with van der Waals surface area (Å²) in [6.07, 6.45) is 0. The van der Waals surface area contributed by atoms with Crippen LogP contribution in [0.1, 0.15) is 15.2 Å². The Morgan fingerprint density at radius 2 is 2.19 bits per heavy atom. The molecule has 0 aliphatic rings. The normalized spacial score (nSPS) is 10.0. The zero-order valence-corrected chi connectivity index (χ0v) is 9.33. The molecule has 1 heterocycles. The minimum atomic E-state index is -0.177. The fourth-order valence-corrected chi connectivity index (χ4v) is 1.97. The molecule has 0 bridgehead atoms. The number of rotatable bonds is 3. The minimum Gasteiger partial charge on any atom is -0.508 e. The van der Waals surface area contributed by atoms with Gasteiger partial charge in [-0.15, -0.1) is 11.3 Å². The van der Waals surface area contributed by atoms with E-state index < -0.39 is 0 Å². The van der Waals surface area contributed by atoms with Crippen LogP contribution in [0.25, 0.3) is 0 Å². The highest BCUT2D eigenvalue weighted by Gasteiger charge is 2.05. The molecule has 2 aromatic rings. The molecule has 1 amide bonds. The van der Waals surface area contributed by atoms with E-state index in [1.54, 1.807) is 23.5 Å². The van der Waals surface area contributed by atoms with E-state index in [-0.39, 0.29) is 11.7 Å². The van der Waals surface area contributed by atoms with Gasteiger partial charge in [0.25, 0.3) is 5.91 Å². The van der Waals surface area contributed by atoms with Crippen molar-refractivity contribution in [3.8, 4) is 5.75 Å². The summed E-state index contributed by atoms with van der Waals surface area (Å²) in [6, 6.07) is 10.2. The molecule has 4 heteroatoms. The Hall–Kier alpha value is -1.81. The second-order valence-corrected chi connectivity index (χ2v) is 4.34. The predicted molar refractivity (Wildman–Crippen MR) is 63.6 cm³/mol. The molecule has 1 aromatic heterocycles. The molecule has 2 N–H and O–H groups in total. The van der Waals surface area contributed by atoms with Crippen molar-refractivity contribution in [1.82, 2.24) is 5.32 Å². The van der Waals surface area contributed by atoms with Crippen molar-refractivity contribution in [2.75, 3.05) is 0 Å². The number of hydrogen-bond acceptors (Lipinski definition) is 3. The second-order valence-electron chi connectivity index (χ2n) is 3.31. The lowest BCUT2D eigenvalue weighted by Crippen LogP contribution is -2.22. The molecule has 0 atom stereocenters. The van der Waals surface area contributed by atoms with Crippen LogP contribution in [0.4, 0.5) is 0 Å². The van der Waals surface area contributed by atoms with Gasteiger partial charge in [0.1, 0.15) is 5.75 Å². The van der Waals surface area contributed by atoms with Crippen LogP contribution in [0.5, 0.6) is 5.75 Å². The Bertz CT molecular complexity index is 480. The van der Waals surface area contributed by atoms with Gasteiger partial charge in [-0.25, -0.2) is 0 Å². The zero-order valence-electron chi connectivity index (χ0n) is 8.51. The highest BCUT2D eigenvalue weighted by Crippen LogP contribution is 2.11. The predicted octanol–water partition coefficient (Wildman–Crippen LogP) is 2.38. The summed E-state index contributed by atoms with van der Waals surface area (Å²) in [7, 11) is 0. The molecule has 82 valence electrons. The summed E-state index contributed by atoms with van der Waals surface area (Å²) in [5, 5.41) is 14.0. The molecule has 2 rings (SSSR count). The summed E-state index contributed by atoms with van der Waals surface area (Å²) >= 11 is 1.60. The molecule has 0 aliphatic carbocycles. The van der Waals surface area contributed by atoms with E-state index in [2.05, 4.69) is 5.32 Å². The van der Waals surface area contributed by atoms with E-state index in [9.17, 15) is 9.90 Å². The Labute approximate surface area is 97.4 Å². The first-order valence-electron chi connectivity index (χ1n) is 4.85. The number of amides is 1. The lowest BCUT2D eigenvalue weighted by molar-refractivity contribution is 0.0951. The molecule has 0 spiro atoms. The zero-order chi connectivity index (χ0) is 11.4. The number of aromatic hydroxyl groups is 1. The quantitative estimate of drug-likeness (QED) is 0.855. The van der Waals surface area contributed by atoms with E-state index in [4.69, 9.17) is 0 Å². The van der Waals surface area contributed by atoms with Crippen LogP contribution < -0.4 is 5.32 Å². The number of thiophene rings is 1. The van der Waals surface area contributed by atoms with E-state index in [1.165, 1.54) is 12.1 Å². The lowest BCUT2D eigenvalue weighted by Gasteiger charge is -2.03. The molecular formula is C12H11NO2S. The molecule has 0 radical (unpaired) electrons. The molecule has 0 unspecified atom stereocenters. The molecule has 1 aromatic carbocycles. The number of carbonyl (C=O) groups is 1. The first-order chi connectivity index (χ1) is 7.75. The number of hydrogen-bond donors (Lipinski definition) is 2. The Morgan fingerprint density at radius 3 is 2.88 bits per heavy atom. The fourth-order valence-electron chi connectivity index (χ4n) is 1.33. The van der Waals surface area contributed by atoms with Gasteiger partial charge in [-0.05, 0) is 29.6 Å². The van der Waals surface area contributed by atoms with Gasteiger partial charge in [0.15, 0.2) is 0 Å². The van der Waals surface area contributed by atoms with Gasteiger partial charge in [0, 0.05) is 10.4 Å². The van der Waals surface area contributed by atoms with E-state index in [1.807, 2.05) is 17.5 Å². The van der Waals surface area contributed by atoms with Crippen LogP contribution in [0.3, 0.4) is 0 Å². The van der Waals surface area contributed by atoms with Crippen molar-refractivity contribution in [2.45, 2.75) is 6.54 Å². The first-order valence-corrected chi connectivity index (χ1v) is 5.73. The van der Waals surface area contributed by atoms with Crippen LogP contribution in [-0.2, 0) is 6.54 Å². The average Bonchev–Trinajstić information content (AvgIpc) is 2.78. The van der Waals surface area contributed by atoms with Gasteiger partial charge in [-0.1, -0.05) is 12.1 Å². The SMILES string of the molecule is O=C(NCc1cccs1)c1cccc(O)c1. The number of phenols is 1. The number of carbonyl (C=O) groups excluding carboxylic acids is 1. The first kappa shape index (κ1) is 10.7. The van der Waals surface area contributed by atoms with Crippen LogP contribution >= 0.6 is 11.3 Å². The molecular weight excluding hydrogens is 222 g/mol. The number of nitrogens with one attached hydrogen (secondary N) is 1. The maximum atomic E-state index is 11.7. The maximum absolute atomic E-state index is 11.7. The third-order valence-corrected chi connectivity index (χ3v) is 2.99. The van der Waals surface area contributed by atoms with Crippen molar-refractivity contribution < 1.29 is 9.90 Å². The van der Waals surface area contributed by atoms with E-state index in [0.29, 0.717) is 12.1 Å². The van der Waals surface area contributed by atoms with Crippen LogP contribution in [0.15, 0.2) is 41.8 Å². The summed E-state index contributed by atoms with van der Waals surface area (Å²) in [5.74, 6) is -0.0759. The maximum Gasteiger partial charge on any atom is 0.251 e. The van der Waals surface area contributed by atoms with Gasteiger partial charge < -0.3 is 10.4 Å². The molecule has 3 nitrogen and oxygen atoms in total.